The van der Waals surface area contributed by atoms with E-state index in [1.165, 1.54) is 51.4 Å². The molecule has 0 saturated heterocycles. The molecule has 0 unspecified atom stereocenters. The third-order valence-corrected chi connectivity index (χ3v) is 6.30. The smallest absolute Gasteiger partial charge is 0.0468 e. The van der Waals surface area contributed by atoms with Crippen LogP contribution in [0.5, 0.6) is 0 Å². The van der Waals surface area contributed by atoms with Crippen LogP contribution in [0.2, 0.25) is 0 Å². The van der Waals surface area contributed by atoms with Crippen molar-refractivity contribution in [2.24, 2.45) is 34.5 Å². The summed E-state index contributed by atoms with van der Waals surface area (Å²) in [6.07, 6.45) is 11.0. The lowest BCUT2D eigenvalue weighted by Gasteiger charge is -2.39. The number of ether oxygens (including phenoxy) is 1. The van der Waals surface area contributed by atoms with Crippen molar-refractivity contribution in [2.75, 3.05) is 13.2 Å². The molecule has 4 atom stereocenters. The molecule has 136 valence electrons. The lowest BCUT2D eigenvalue weighted by Crippen LogP contribution is -2.29. The molecule has 0 spiro atoms. The van der Waals surface area contributed by atoms with Crippen LogP contribution in [0, 0.1) is 34.5 Å². The van der Waals surface area contributed by atoms with Gasteiger partial charge in [0.15, 0.2) is 0 Å². The van der Waals surface area contributed by atoms with Gasteiger partial charge in [-0.1, -0.05) is 41.5 Å². The van der Waals surface area contributed by atoms with Gasteiger partial charge in [-0.15, -0.1) is 0 Å². The lowest BCUT2D eigenvalue weighted by molar-refractivity contribution is 0.0584. The van der Waals surface area contributed by atoms with Crippen molar-refractivity contribution in [3.8, 4) is 0 Å². The minimum atomic E-state index is 0.548. The van der Waals surface area contributed by atoms with Gasteiger partial charge in [0.1, 0.15) is 0 Å². The van der Waals surface area contributed by atoms with Crippen molar-refractivity contribution in [3.05, 3.63) is 0 Å². The third-order valence-electron chi connectivity index (χ3n) is 6.30. The van der Waals surface area contributed by atoms with Crippen LogP contribution >= 0.6 is 0 Å². The maximum Gasteiger partial charge on any atom is 0.0468 e. The van der Waals surface area contributed by atoms with Crippen molar-refractivity contribution in [1.82, 2.24) is 0 Å². The van der Waals surface area contributed by atoms with Crippen LogP contribution in [0.25, 0.3) is 0 Å². The maximum atomic E-state index is 6.05. The third kappa shape index (κ3) is 6.77. The van der Waals surface area contributed by atoms with Crippen LogP contribution in [-0.4, -0.2) is 13.2 Å². The summed E-state index contributed by atoms with van der Waals surface area (Å²) in [5.41, 5.74) is 1.10. The van der Waals surface area contributed by atoms with Crippen molar-refractivity contribution < 1.29 is 4.74 Å². The van der Waals surface area contributed by atoms with E-state index >= 15 is 0 Å². The Morgan fingerprint density at radius 2 is 1.09 bits per heavy atom. The van der Waals surface area contributed by atoms with Crippen LogP contribution in [0.15, 0.2) is 0 Å². The Hall–Kier alpha value is -0.0400. The molecule has 1 nitrogen and oxygen atoms in total. The topological polar surface area (TPSA) is 9.23 Å². The van der Waals surface area contributed by atoms with Gasteiger partial charge in [-0.05, 0) is 85.9 Å². The Bertz CT molecular complexity index is 323. The second-order valence-corrected chi connectivity index (χ2v) is 10.7. The molecule has 1 heteroatoms. The summed E-state index contributed by atoms with van der Waals surface area (Å²) in [7, 11) is 0. The van der Waals surface area contributed by atoms with Crippen molar-refractivity contribution in [1.29, 1.82) is 0 Å². The average Bonchev–Trinajstić information content (AvgIpc) is 2.33. The summed E-state index contributed by atoms with van der Waals surface area (Å²) in [5, 5.41) is 0. The first-order valence-electron chi connectivity index (χ1n) is 10.2. The Morgan fingerprint density at radius 1 is 0.696 bits per heavy atom. The van der Waals surface area contributed by atoms with Gasteiger partial charge in [-0.3, -0.25) is 0 Å². The molecule has 0 amide bonds. The van der Waals surface area contributed by atoms with Crippen LogP contribution in [0.4, 0.5) is 0 Å². The fourth-order valence-electron chi connectivity index (χ4n) is 6.13. The zero-order chi connectivity index (χ0) is 17.1. The zero-order valence-corrected chi connectivity index (χ0v) is 16.8. The van der Waals surface area contributed by atoms with Crippen molar-refractivity contribution in [3.63, 3.8) is 0 Å². The van der Waals surface area contributed by atoms with Crippen LogP contribution < -0.4 is 0 Å². The first-order chi connectivity index (χ1) is 10.7. The molecule has 0 aromatic heterocycles. The van der Waals surface area contributed by atoms with Gasteiger partial charge in [0.2, 0.25) is 0 Å². The first kappa shape index (κ1) is 19.3. The molecule has 0 bridgehead atoms. The predicted octanol–water partition coefficient (Wildman–Crippen LogP) is 6.71. The quantitative estimate of drug-likeness (QED) is 0.494. The van der Waals surface area contributed by atoms with Crippen LogP contribution in [0.3, 0.4) is 0 Å². The zero-order valence-electron chi connectivity index (χ0n) is 16.8. The molecule has 2 aliphatic rings. The summed E-state index contributed by atoms with van der Waals surface area (Å²) < 4.78 is 6.05. The number of hydrogen-bond acceptors (Lipinski definition) is 1. The molecule has 2 fully saturated rings. The summed E-state index contributed by atoms with van der Waals surface area (Å²) in [5.74, 6) is 3.58. The monoisotopic (exact) mass is 322 g/mol. The van der Waals surface area contributed by atoms with E-state index < -0.39 is 0 Å². The molecule has 2 saturated carbocycles. The predicted molar refractivity (Wildman–Crippen MR) is 101 cm³/mol. The van der Waals surface area contributed by atoms with Gasteiger partial charge < -0.3 is 4.74 Å². The first-order valence-corrected chi connectivity index (χ1v) is 10.2. The summed E-state index contributed by atoms with van der Waals surface area (Å²) >= 11 is 0. The van der Waals surface area contributed by atoms with E-state index in [1.807, 2.05) is 0 Å². The molecule has 0 aromatic rings. The lowest BCUT2D eigenvalue weighted by atomic mass is 9.67. The largest absolute Gasteiger partial charge is 0.381 e. The standard InChI is InChI=1S/C22H42O/c1-17-11-19(15-21(3,4)13-17)7-9-23-10-8-20-12-18(2)14-22(5,6)16-20/h17-20H,7-16H2,1-6H3/t17-,18-,19-,20-/m0/s1. The summed E-state index contributed by atoms with van der Waals surface area (Å²) in [4.78, 5) is 0. The fourth-order valence-corrected chi connectivity index (χ4v) is 6.13. The van der Waals surface area contributed by atoms with E-state index in [0.29, 0.717) is 10.8 Å². The van der Waals surface area contributed by atoms with Crippen LogP contribution in [0.1, 0.15) is 92.9 Å². The molecule has 0 radical (unpaired) electrons. The molecule has 0 N–H and O–H groups in total. The second kappa shape index (κ2) is 7.89. The molecule has 0 aliphatic heterocycles. The number of rotatable bonds is 6. The van der Waals surface area contributed by atoms with Gasteiger partial charge >= 0.3 is 0 Å². The Balaban J connectivity index is 1.61. The van der Waals surface area contributed by atoms with Crippen molar-refractivity contribution in [2.45, 2.75) is 92.9 Å². The highest BCUT2D eigenvalue weighted by molar-refractivity contribution is 4.83. The highest BCUT2D eigenvalue weighted by Gasteiger charge is 2.32. The van der Waals surface area contributed by atoms with Gasteiger partial charge in [0, 0.05) is 13.2 Å². The minimum Gasteiger partial charge on any atom is -0.381 e. The van der Waals surface area contributed by atoms with E-state index in [0.717, 1.165) is 36.9 Å². The van der Waals surface area contributed by atoms with Crippen LogP contribution in [-0.2, 0) is 4.74 Å². The average molecular weight is 323 g/mol. The maximum absolute atomic E-state index is 6.05. The highest BCUT2D eigenvalue weighted by atomic mass is 16.5. The van der Waals surface area contributed by atoms with Gasteiger partial charge in [-0.25, -0.2) is 0 Å². The highest BCUT2D eigenvalue weighted by Crippen LogP contribution is 2.43. The normalized spacial score (nSPS) is 36.8. The second-order valence-electron chi connectivity index (χ2n) is 10.7. The molecule has 0 heterocycles. The van der Waals surface area contributed by atoms with Crippen molar-refractivity contribution >= 4 is 0 Å². The SMILES string of the molecule is C[C@H]1C[C@H](CCOCC[C@H]2C[C@H](C)CC(C)(C)C2)CC(C)(C)C1. The van der Waals surface area contributed by atoms with Gasteiger partial charge in [0.05, 0.1) is 0 Å². The van der Waals surface area contributed by atoms with E-state index in [9.17, 15) is 0 Å². The molecule has 2 rings (SSSR count). The molecule has 2 aliphatic carbocycles. The minimum absolute atomic E-state index is 0.548. The summed E-state index contributed by atoms with van der Waals surface area (Å²) in [6.45, 7) is 16.6. The van der Waals surface area contributed by atoms with E-state index in [2.05, 4.69) is 41.5 Å². The Morgan fingerprint density at radius 3 is 1.43 bits per heavy atom. The number of hydrogen-bond donors (Lipinski definition) is 0. The fraction of sp³-hybridized carbons (Fsp3) is 1.00. The molecular weight excluding hydrogens is 280 g/mol. The van der Waals surface area contributed by atoms with E-state index in [-0.39, 0.29) is 0 Å². The van der Waals surface area contributed by atoms with Gasteiger partial charge in [-0.2, -0.15) is 0 Å². The Labute approximate surface area is 146 Å². The molecule has 0 aromatic carbocycles. The summed E-state index contributed by atoms with van der Waals surface area (Å²) in [6, 6.07) is 0. The van der Waals surface area contributed by atoms with Gasteiger partial charge in [0.25, 0.3) is 0 Å². The van der Waals surface area contributed by atoms with E-state index in [4.69, 9.17) is 4.74 Å². The Kier molecular flexibility index (Phi) is 6.62. The van der Waals surface area contributed by atoms with E-state index in [1.54, 1.807) is 0 Å². The molecular formula is C22H42O. The molecule has 23 heavy (non-hydrogen) atoms.